The summed E-state index contributed by atoms with van der Waals surface area (Å²) in [6.07, 6.45) is 0. The van der Waals surface area contributed by atoms with Crippen molar-refractivity contribution in [2.75, 3.05) is 11.1 Å². The number of carbonyl (C=O) groups excluding carboxylic acids is 1. The molecular formula is C8H6N2O3. The van der Waals surface area contributed by atoms with Gasteiger partial charge in [-0.25, -0.2) is 4.79 Å². The van der Waals surface area contributed by atoms with Gasteiger partial charge in [-0.15, -0.1) is 0 Å². The molecule has 5 nitrogen and oxygen atoms in total. The van der Waals surface area contributed by atoms with E-state index in [-0.39, 0.29) is 17.2 Å². The minimum atomic E-state index is -1.13. The molecule has 66 valence electrons. The van der Waals surface area contributed by atoms with Crippen molar-refractivity contribution in [2.24, 2.45) is 0 Å². The highest BCUT2D eigenvalue weighted by Crippen LogP contribution is 2.33. The van der Waals surface area contributed by atoms with E-state index < -0.39 is 5.97 Å². The van der Waals surface area contributed by atoms with E-state index in [4.69, 9.17) is 10.8 Å². The second-order valence-corrected chi connectivity index (χ2v) is 2.71. The van der Waals surface area contributed by atoms with Gasteiger partial charge in [-0.1, -0.05) is 0 Å². The number of nitrogens with one attached hydrogen (secondary N) is 1. The summed E-state index contributed by atoms with van der Waals surface area (Å²) in [6.45, 7) is 0. The van der Waals surface area contributed by atoms with Crippen LogP contribution in [0.5, 0.6) is 0 Å². The number of nitrogens with two attached hydrogens (primary N) is 1. The number of aromatic carboxylic acids is 1. The van der Waals surface area contributed by atoms with Gasteiger partial charge >= 0.3 is 5.97 Å². The number of nitrogen functional groups attached to an aromatic ring is 1. The van der Waals surface area contributed by atoms with Crippen molar-refractivity contribution in [3.05, 3.63) is 23.3 Å². The molecule has 0 aromatic heterocycles. The van der Waals surface area contributed by atoms with Crippen LogP contribution in [0, 0.1) is 0 Å². The van der Waals surface area contributed by atoms with Crippen LogP contribution in [-0.2, 0) is 0 Å². The van der Waals surface area contributed by atoms with Crippen molar-refractivity contribution in [1.82, 2.24) is 0 Å². The zero-order valence-electron chi connectivity index (χ0n) is 6.50. The molecule has 1 aliphatic heterocycles. The van der Waals surface area contributed by atoms with Crippen molar-refractivity contribution in [2.45, 2.75) is 0 Å². The molecule has 1 heterocycles. The SMILES string of the molecule is Nc1ccc2c(c1C(=O)O)NC2=O. The van der Waals surface area contributed by atoms with Crippen LogP contribution in [0.1, 0.15) is 20.7 Å². The van der Waals surface area contributed by atoms with Gasteiger partial charge in [0.2, 0.25) is 0 Å². The van der Waals surface area contributed by atoms with Crippen molar-refractivity contribution >= 4 is 23.3 Å². The molecule has 1 amide bonds. The van der Waals surface area contributed by atoms with E-state index in [0.717, 1.165) is 0 Å². The number of benzene rings is 1. The van der Waals surface area contributed by atoms with E-state index in [0.29, 0.717) is 11.3 Å². The fourth-order valence-corrected chi connectivity index (χ4v) is 1.29. The maximum Gasteiger partial charge on any atom is 0.339 e. The quantitative estimate of drug-likeness (QED) is 0.547. The normalized spacial score (nSPS) is 12.8. The Hall–Kier alpha value is -2.04. The monoisotopic (exact) mass is 178 g/mol. The predicted octanol–water partition coefficient (Wildman–Crippen LogP) is 0.533. The second-order valence-electron chi connectivity index (χ2n) is 2.71. The Morgan fingerprint density at radius 3 is 2.69 bits per heavy atom. The Morgan fingerprint density at radius 1 is 1.46 bits per heavy atom. The largest absolute Gasteiger partial charge is 0.478 e. The summed E-state index contributed by atoms with van der Waals surface area (Å²) in [5.41, 5.74) is 6.26. The average Bonchev–Trinajstić information content (AvgIpc) is 2.02. The summed E-state index contributed by atoms with van der Waals surface area (Å²) in [4.78, 5) is 21.6. The summed E-state index contributed by atoms with van der Waals surface area (Å²) in [5.74, 6) is -1.40. The third-order valence-electron chi connectivity index (χ3n) is 1.93. The zero-order chi connectivity index (χ0) is 9.59. The lowest BCUT2D eigenvalue weighted by molar-refractivity contribution is 0.0699. The van der Waals surface area contributed by atoms with E-state index in [9.17, 15) is 9.59 Å². The summed E-state index contributed by atoms with van der Waals surface area (Å²) >= 11 is 0. The van der Waals surface area contributed by atoms with Crippen LogP contribution < -0.4 is 11.1 Å². The number of amides is 1. The van der Waals surface area contributed by atoms with Gasteiger partial charge in [0, 0.05) is 5.69 Å². The zero-order valence-corrected chi connectivity index (χ0v) is 6.50. The molecular weight excluding hydrogens is 172 g/mol. The number of carbonyl (C=O) groups is 2. The van der Waals surface area contributed by atoms with Gasteiger partial charge in [-0.2, -0.15) is 0 Å². The van der Waals surface area contributed by atoms with Crippen LogP contribution in [0.4, 0.5) is 11.4 Å². The van der Waals surface area contributed by atoms with E-state index in [1.54, 1.807) is 0 Å². The number of carboxylic acid groups (broad SMARTS) is 1. The number of anilines is 2. The molecule has 0 atom stereocenters. The van der Waals surface area contributed by atoms with Gasteiger partial charge < -0.3 is 16.2 Å². The molecule has 4 N–H and O–H groups in total. The fourth-order valence-electron chi connectivity index (χ4n) is 1.29. The van der Waals surface area contributed by atoms with Crippen molar-refractivity contribution in [3.8, 4) is 0 Å². The minimum Gasteiger partial charge on any atom is -0.478 e. The van der Waals surface area contributed by atoms with Crippen LogP contribution in [-0.4, -0.2) is 17.0 Å². The highest BCUT2D eigenvalue weighted by atomic mass is 16.4. The van der Waals surface area contributed by atoms with Crippen molar-refractivity contribution in [1.29, 1.82) is 0 Å². The number of rotatable bonds is 1. The highest BCUT2D eigenvalue weighted by molar-refractivity contribution is 6.23. The molecule has 0 fully saturated rings. The maximum absolute atomic E-state index is 10.9. The summed E-state index contributed by atoms with van der Waals surface area (Å²) in [6, 6.07) is 2.93. The number of carboxylic acids is 1. The minimum absolute atomic E-state index is 0.0305. The van der Waals surface area contributed by atoms with Gasteiger partial charge in [0.25, 0.3) is 5.91 Å². The average molecular weight is 178 g/mol. The van der Waals surface area contributed by atoms with E-state index in [1.165, 1.54) is 12.1 Å². The van der Waals surface area contributed by atoms with Crippen molar-refractivity contribution in [3.63, 3.8) is 0 Å². The maximum atomic E-state index is 10.9. The Kier molecular flexibility index (Phi) is 1.30. The van der Waals surface area contributed by atoms with Gasteiger partial charge in [0.05, 0.1) is 11.3 Å². The Labute approximate surface area is 73.2 Å². The molecule has 0 spiro atoms. The smallest absolute Gasteiger partial charge is 0.339 e. The van der Waals surface area contributed by atoms with Gasteiger partial charge in [-0.3, -0.25) is 4.79 Å². The number of hydrogen-bond acceptors (Lipinski definition) is 3. The lowest BCUT2D eigenvalue weighted by Crippen LogP contribution is -2.28. The standard InChI is InChI=1S/C8H6N2O3/c9-4-2-1-3-6(10-7(3)11)5(4)8(12)13/h1-2H,9H2,(H,10,11)(H,12,13). The lowest BCUT2D eigenvalue weighted by atomic mass is 9.99. The Bertz CT molecular complexity index is 426. The number of fused-ring (bicyclic) bond motifs is 1. The second kappa shape index (κ2) is 2.22. The van der Waals surface area contributed by atoms with Crippen molar-refractivity contribution < 1.29 is 14.7 Å². The number of hydrogen-bond donors (Lipinski definition) is 3. The first-order valence-electron chi connectivity index (χ1n) is 3.58. The van der Waals surface area contributed by atoms with E-state index >= 15 is 0 Å². The Balaban J connectivity index is 2.68. The fraction of sp³-hybridized carbons (Fsp3) is 0. The summed E-state index contributed by atoms with van der Waals surface area (Å²) in [5, 5.41) is 11.1. The molecule has 0 bridgehead atoms. The molecule has 1 aliphatic rings. The first-order valence-corrected chi connectivity index (χ1v) is 3.58. The molecule has 0 radical (unpaired) electrons. The van der Waals surface area contributed by atoms with Crippen LogP contribution in [0.25, 0.3) is 0 Å². The topological polar surface area (TPSA) is 92.4 Å². The molecule has 2 rings (SSSR count). The first kappa shape index (κ1) is 7.60. The van der Waals surface area contributed by atoms with Gasteiger partial charge in [-0.05, 0) is 12.1 Å². The van der Waals surface area contributed by atoms with Crippen LogP contribution >= 0.6 is 0 Å². The molecule has 13 heavy (non-hydrogen) atoms. The van der Waals surface area contributed by atoms with Gasteiger partial charge in [0.1, 0.15) is 5.56 Å². The summed E-state index contributed by atoms with van der Waals surface area (Å²) in [7, 11) is 0. The first-order chi connectivity index (χ1) is 6.11. The van der Waals surface area contributed by atoms with E-state index in [1.807, 2.05) is 0 Å². The highest BCUT2D eigenvalue weighted by Gasteiger charge is 2.29. The third-order valence-corrected chi connectivity index (χ3v) is 1.93. The molecule has 0 saturated carbocycles. The van der Waals surface area contributed by atoms with Crippen LogP contribution in [0.2, 0.25) is 0 Å². The lowest BCUT2D eigenvalue weighted by Gasteiger charge is -2.21. The molecule has 0 unspecified atom stereocenters. The summed E-state index contributed by atoms with van der Waals surface area (Å²) < 4.78 is 0. The molecule has 5 heteroatoms. The predicted molar refractivity (Wildman–Crippen MR) is 45.8 cm³/mol. The van der Waals surface area contributed by atoms with E-state index in [2.05, 4.69) is 5.32 Å². The van der Waals surface area contributed by atoms with Crippen LogP contribution in [0.3, 0.4) is 0 Å². The third kappa shape index (κ3) is 0.868. The van der Waals surface area contributed by atoms with Crippen LogP contribution in [0.15, 0.2) is 12.1 Å². The van der Waals surface area contributed by atoms with Gasteiger partial charge in [0.15, 0.2) is 0 Å². The molecule has 1 aromatic rings. The Morgan fingerprint density at radius 2 is 2.15 bits per heavy atom. The molecule has 0 saturated heterocycles. The molecule has 0 aliphatic carbocycles. The molecule has 1 aromatic carbocycles.